The van der Waals surface area contributed by atoms with Crippen LogP contribution in [0.15, 0.2) is 243 Å². The zero-order valence-corrected chi connectivity index (χ0v) is 36.8. The molecule has 0 bridgehead atoms. The van der Waals surface area contributed by atoms with Gasteiger partial charge in [0.25, 0.3) is 0 Å². The molecule has 0 spiro atoms. The average Bonchev–Trinajstić information content (AvgIpc) is 3.93. The summed E-state index contributed by atoms with van der Waals surface area (Å²) in [5.41, 5.74) is 15.6. The monoisotopic (exact) mass is 868 g/mol. The van der Waals surface area contributed by atoms with Crippen molar-refractivity contribution in [3.63, 3.8) is 0 Å². The van der Waals surface area contributed by atoms with E-state index in [4.69, 9.17) is 19.9 Å². The molecule has 4 heterocycles. The number of aromatic nitrogens is 6. The summed E-state index contributed by atoms with van der Waals surface area (Å²) in [5.74, 6) is 1.77. The molecule has 6 nitrogen and oxygen atoms in total. The molecule has 0 amide bonds. The van der Waals surface area contributed by atoms with Crippen molar-refractivity contribution < 1.29 is 0 Å². The molecule has 0 atom stereocenters. The molecule has 6 heteroatoms. The van der Waals surface area contributed by atoms with Gasteiger partial charge in [0.15, 0.2) is 11.6 Å². The summed E-state index contributed by atoms with van der Waals surface area (Å²) < 4.78 is 4.63. The smallest absolute Gasteiger partial charge is 0.238 e. The van der Waals surface area contributed by atoms with Gasteiger partial charge in [0.1, 0.15) is 0 Å². The number of para-hydroxylation sites is 2. The molecule has 0 aliphatic rings. The van der Waals surface area contributed by atoms with Crippen molar-refractivity contribution in [1.29, 1.82) is 0 Å². The standard InChI is InChI=1S/C62H40N6/c1-5-20-41(21-6-1)48-30-13-14-33-51(48)61-64-60(44-26-11-4-12-27-44)65-62(66-61)68-57-35-18-16-32-50(57)53-39-58-52(40-59(53)68)49-31-15-17-34-56(49)67(58)47-29-19-28-45(36-47)46-37-54(42-22-7-2-8-23-42)63-55(38-46)43-24-9-3-10-25-43/h1-40H. The number of nitrogens with zero attached hydrogens (tertiary/aromatic N) is 6. The van der Waals surface area contributed by atoms with Crippen LogP contribution in [-0.4, -0.2) is 29.1 Å². The lowest BCUT2D eigenvalue weighted by Crippen LogP contribution is -2.06. The second kappa shape index (κ2) is 16.3. The highest BCUT2D eigenvalue weighted by Crippen LogP contribution is 2.41. The van der Waals surface area contributed by atoms with Crippen molar-refractivity contribution in [1.82, 2.24) is 29.1 Å². The maximum Gasteiger partial charge on any atom is 0.238 e. The summed E-state index contributed by atoms with van der Waals surface area (Å²) in [5, 5.41) is 4.51. The first-order valence-corrected chi connectivity index (χ1v) is 22.9. The van der Waals surface area contributed by atoms with E-state index < -0.39 is 0 Å². The number of fused-ring (bicyclic) bond motifs is 6. The Labute approximate surface area is 392 Å². The zero-order chi connectivity index (χ0) is 45.0. The van der Waals surface area contributed by atoms with Gasteiger partial charge in [-0.25, -0.2) is 9.97 Å². The van der Waals surface area contributed by atoms with E-state index in [1.165, 1.54) is 0 Å². The van der Waals surface area contributed by atoms with Crippen molar-refractivity contribution in [3.05, 3.63) is 243 Å². The minimum atomic E-state index is 0.556. The van der Waals surface area contributed by atoms with Crippen LogP contribution in [0.4, 0.5) is 0 Å². The summed E-state index contributed by atoms with van der Waals surface area (Å²) in [7, 11) is 0. The summed E-state index contributed by atoms with van der Waals surface area (Å²) in [6.45, 7) is 0. The first kappa shape index (κ1) is 39.1. The molecule has 0 saturated carbocycles. The highest BCUT2D eigenvalue weighted by atomic mass is 15.2. The van der Waals surface area contributed by atoms with Crippen LogP contribution < -0.4 is 0 Å². The fraction of sp³-hybridized carbons (Fsp3) is 0. The van der Waals surface area contributed by atoms with E-state index in [0.29, 0.717) is 17.6 Å². The summed E-state index contributed by atoms with van der Waals surface area (Å²) in [4.78, 5) is 21.0. The fourth-order valence-electron chi connectivity index (χ4n) is 9.81. The van der Waals surface area contributed by atoms with Gasteiger partial charge in [0.2, 0.25) is 5.95 Å². The van der Waals surface area contributed by atoms with Crippen LogP contribution in [-0.2, 0) is 0 Å². The maximum atomic E-state index is 5.37. The van der Waals surface area contributed by atoms with Crippen molar-refractivity contribution >= 4 is 43.6 Å². The van der Waals surface area contributed by atoms with Crippen molar-refractivity contribution in [2.24, 2.45) is 0 Å². The van der Waals surface area contributed by atoms with E-state index in [9.17, 15) is 0 Å². The van der Waals surface area contributed by atoms with Crippen molar-refractivity contribution in [3.8, 4) is 79.2 Å². The van der Waals surface area contributed by atoms with Crippen LogP contribution in [0.5, 0.6) is 0 Å². The predicted octanol–water partition coefficient (Wildman–Crippen LogP) is 15.5. The second-order valence-electron chi connectivity index (χ2n) is 17.1. The highest BCUT2D eigenvalue weighted by molar-refractivity contribution is 6.19. The van der Waals surface area contributed by atoms with E-state index in [2.05, 4.69) is 215 Å². The number of pyridine rings is 1. The molecule has 13 rings (SSSR count). The number of hydrogen-bond donors (Lipinski definition) is 0. The van der Waals surface area contributed by atoms with E-state index >= 15 is 0 Å². The topological polar surface area (TPSA) is 61.4 Å². The van der Waals surface area contributed by atoms with Gasteiger partial charge in [-0.05, 0) is 70.8 Å². The molecule has 0 aliphatic carbocycles. The molecule has 13 aromatic rings. The van der Waals surface area contributed by atoms with E-state index in [-0.39, 0.29) is 0 Å². The van der Waals surface area contributed by atoms with Gasteiger partial charge >= 0.3 is 0 Å². The molecule has 68 heavy (non-hydrogen) atoms. The third kappa shape index (κ3) is 6.74. The van der Waals surface area contributed by atoms with E-state index in [1.54, 1.807) is 0 Å². The Hall–Kier alpha value is -9.26. The number of rotatable bonds is 8. The van der Waals surface area contributed by atoms with Crippen LogP contribution in [0.1, 0.15) is 0 Å². The summed E-state index contributed by atoms with van der Waals surface area (Å²) in [6, 6.07) is 85.1. The quantitative estimate of drug-likeness (QED) is 0.153. The predicted molar refractivity (Wildman–Crippen MR) is 279 cm³/mol. The fourth-order valence-corrected chi connectivity index (χ4v) is 9.81. The third-order valence-corrected chi connectivity index (χ3v) is 13.0. The largest absolute Gasteiger partial charge is 0.309 e. The molecule has 0 N–H and O–H groups in total. The van der Waals surface area contributed by atoms with Gasteiger partial charge in [0, 0.05) is 49.5 Å². The van der Waals surface area contributed by atoms with Crippen LogP contribution in [0, 0.1) is 0 Å². The normalized spacial score (nSPS) is 11.5. The van der Waals surface area contributed by atoms with Gasteiger partial charge < -0.3 is 4.57 Å². The van der Waals surface area contributed by atoms with E-state index in [1.807, 2.05) is 36.4 Å². The lowest BCUT2D eigenvalue weighted by atomic mass is 9.99. The molecular formula is C62H40N6. The Morgan fingerprint density at radius 1 is 0.250 bits per heavy atom. The minimum absolute atomic E-state index is 0.556. The molecular weight excluding hydrogens is 829 g/mol. The first-order chi connectivity index (χ1) is 33.7. The lowest BCUT2D eigenvalue weighted by Gasteiger charge is -2.13. The van der Waals surface area contributed by atoms with Crippen LogP contribution in [0.2, 0.25) is 0 Å². The lowest BCUT2D eigenvalue weighted by molar-refractivity contribution is 0.954. The molecule has 0 aliphatic heterocycles. The zero-order valence-electron chi connectivity index (χ0n) is 36.8. The van der Waals surface area contributed by atoms with Gasteiger partial charge in [-0.2, -0.15) is 9.97 Å². The Bertz CT molecular complexity index is 3950. The molecule has 0 fully saturated rings. The number of benzene rings is 9. The van der Waals surface area contributed by atoms with Gasteiger partial charge in [0.05, 0.1) is 33.5 Å². The van der Waals surface area contributed by atoms with Gasteiger partial charge in [-0.15, -0.1) is 0 Å². The van der Waals surface area contributed by atoms with Gasteiger partial charge in [-0.3, -0.25) is 4.57 Å². The Morgan fingerprint density at radius 2 is 0.721 bits per heavy atom. The Balaban J connectivity index is 1.03. The third-order valence-electron chi connectivity index (χ3n) is 13.0. The average molecular weight is 869 g/mol. The molecule has 0 radical (unpaired) electrons. The Kier molecular flexibility index (Phi) is 9.39. The highest BCUT2D eigenvalue weighted by Gasteiger charge is 2.22. The van der Waals surface area contributed by atoms with E-state index in [0.717, 1.165) is 105 Å². The van der Waals surface area contributed by atoms with Crippen molar-refractivity contribution in [2.75, 3.05) is 0 Å². The molecule has 318 valence electrons. The van der Waals surface area contributed by atoms with Crippen LogP contribution in [0.3, 0.4) is 0 Å². The molecule has 0 saturated heterocycles. The Morgan fingerprint density at radius 3 is 1.34 bits per heavy atom. The van der Waals surface area contributed by atoms with Crippen molar-refractivity contribution in [2.45, 2.75) is 0 Å². The number of hydrogen-bond acceptors (Lipinski definition) is 4. The minimum Gasteiger partial charge on any atom is -0.309 e. The second-order valence-corrected chi connectivity index (χ2v) is 17.1. The summed E-state index contributed by atoms with van der Waals surface area (Å²) in [6.07, 6.45) is 0. The van der Waals surface area contributed by atoms with Crippen LogP contribution >= 0.6 is 0 Å². The molecule has 4 aromatic heterocycles. The van der Waals surface area contributed by atoms with Gasteiger partial charge in [-0.1, -0.05) is 194 Å². The van der Waals surface area contributed by atoms with Crippen LogP contribution in [0.25, 0.3) is 123 Å². The SMILES string of the molecule is c1ccc(-c2cc(-c3cccc(-n4c5ccccc5c5cc6c(cc54)c4ccccc4n6-c4nc(-c5ccccc5)nc(-c5ccccc5-c5ccccc5)n4)c3)cc(-c3ccccc3)n2)cc1. The maximum absolute atomic E-state index is 5.37. The first-order valence-electron chi connectivity index (χ1n) is 22.9. The molecule has 9 aromatic carbocycles. The summed E-state index contributed by atoms with van der Waals surface area (Å²) >= 11 is 0. The molecule has 0 unspecified atom stereocenters.